The number of nitrogens with one attached hydrogen (secondary N) is 2. The minimum atomic E-state index is -3.60. The molecule has 2 fully saturated rings. The molecule has 4 rings (SSSR count). The maximum atomic E-state index is 12.1. The molecule has 0 spiro atoms. The van der Waals surface area contributed by atoms with Gasteiger partial charge in [-0.1, -0.05) is 86.8 Å². The van der Waals surface area contributed by atoms with E-state index in [1.165, 1.54) is 0 Å². The summed E-state index contributed by atoms with van der Waals surface area (Å²) in [5.41, 5.74) is 17.7. The average Bonchev–Trinajstić information content (AvgIpc) is 2.83. The number of sulfonamides is 2. The Kier molecular flexibility index (Phi) is 19.6. The third kappa shape index (κ3) is 12.3. The molecule has 4 unspecified atom stereocenters. The van der Waals surface area contributed by atoms with E-state index in [4.69, 9.17) is 11.5 Å². The van der Waals surface area contributed by atoms with Crippen LogP contribution in [-0.4, -0.2) is 41.0 Å². The van der Waals surface area contributed by atoms with Crippen LogP contribution in [0.25, 0.3) is 20.9 Å². The molecular formula is C28H43N4O4Ru2S2. The molecule has 0 heterocycles. The van der Waals surface area contributed by atoms with Gasteiger partial charge in [-0.3, -0.25) is 0 Å². The molecule has 4 atom stereocenters. The summed E-state index contributed by atoms with van der Waals surface area (Å²) in [6, 6.07) is 11.9. The summed E-state index contributed by atoms with van der Waals surface area (Å²) in [4.78, 5) is 0.455. The summed E-state index contributed by atoms with van der Waals surface area (Å²) in [7, 11) is -7.21. The number of hydrogen-bond donors (Lipinski definition) is 0. The molecule has 2 aromatic carbocycles. The average molecular weight is 766 g/mol. The van der Waals surface area contributed by atoms with Gasteiger partial charge in [0.05, 0.1) is 0 Å². The van der Waals surface area contributed by atoms with E-state index < -0.39 is 20.0 Å². The fraction of sp³-hybridized carbons (Fsp3) is 0.500. The predicted molar refractivity (Wildman–Crippen MR) is 158 cm³/mol. The van der Waals surface area contributed by atoms with Gasteiger partial charge in [0.15, 0.2) is 0 Å². The van der Waals surface area contributed by atoms with E-state index >= 15 is 0 Å². The first kappa shape index (κ1) is 41.6. The number of aryl methyl sites for hydroxylation is 2. The van der Waals surface area contributed by atoms with Crippen molar-refractivity contribution < 1.29 is 55.8 Å². The van der Waals surface area contributed by atoms with Crippen LogP contribution >= 0.6 is 0 Å². The number of rotatable bonds is 6. The van der Waals surface area contributed by atoms with E-state index in [1.807, 2.05) is 13.8 Å². The Morgan fingerprint density at radius 2 is 0.875 bits per heavy atom. The van der Waals surface area contributed by atoms with E-state index in [0.717, 1.165) is 49.7 Å². The molecule has 0 saturated heterocycles. The van der Waals surface area contributed by atoms with Crippen molar-refractivity contribution in [3.8, 4) is 0 Å². The molecule has 2 aromatic rings. The van der Waals surface area contributed by atoms with Crippen LogP contribution in [0.15, 0.2) is 58.3 Å². The second kappa shape index (κ2) is 18.9. The topological polar surface area (TPSA) is 144 Å². The Labute approximate surface area is 268 Å². The van der Waals surface area contributed by atoms with Gasteiger partial charge in [0.1, 0.15) is 20.0 Å². The zero-order chi connectivity index (χ0) is 26.3. The first-order valence-corrected chi connectivity index (χ1v) is 15.4. The van der Waals surface area contributed by atoms with E-state index in [2.05, 4.69) is 9.44 Å². The molecule has 2 N–H and O–H groups in total. The van der Waals surface area contributed by atoms with Gasteiger partial charge in [-0.15, -0.1) is 12.1 Å². The van der Waals surface area contributed by atoms with Crippen LogP contribution < -0.4 is 0 Å². The first-order chi connectivity index (χ1) is 17.0. The maximum absolute atomic E-state index is 12.1. The zero-order valence-corrected chi connectivity index (χ0v) is 28.9. The van der Waals surface area contributed by atoms with Crippen LogP contribution in [0.1, 0.15) is 62.5 Å². The third-order valence-electron chi connectivity index (χ3n) is 6.64. The summed E-state index contributed by atoms with van der Waals surface area (Å²) in [6.07, 6.45) is 6.85. The summed E-state index contributed by atoms with van der Waals surface area (Å²) >= 11 is 0. The molecule has 2 aliphatic carbocycles. The number of nitrogens with zero attached hydrogens (tertiary/aromatic N) is 2. The second-order valence-corrected chi connectivity index (χ2v) is 13.0. The second-order valence-electron chi connectivity index (χ2n) is 9.70. The van der Waals surface area contributed by atoms with Gasteiger partial charge in [-0.2, -0.15) is 12.1 Å². The monoisotopic (exact) mass is 767 g/mol. The van der Waals surface area contributed by atoms with E-state index in [-0.39, 0.29) is 87.8 Å². The van der Waals surface area contributed by atoms with Crippen molar-refractivity contribution in [2.75, 3.05) is 0 Å². The zero-order valence-electron chi connectivity index (χ0n) is 23.7. The van der Waals surface area contributed by atoms with Gasteiger partial charge in [-0.25, -0.2) is 16.8 Å². The minimum absolute atomic E-state index is 0. The quantitative estimate of drug-likeness (QED) is 0.222. The van der Waals surface area contributed by atoms with Crippen molar-refractivity contribution in [2.45, 2.75) is 99.2 Å². The van der Waals surface area contributed by atoms with Gasteiger partial charge in [0.25, 0.3) is 0 Å². The molecule has 227 valence electrons. The molecule has 12 heteroatoms. The number of benzene rings is 2. The normalized spacial score (nSPS) is 22.5. The Morgan fingerprint density at radius 1 is 0.600 bits per heavy atom. The fourth-order valence-corrected chi connectivity index (χ4v) is 6.79. The summed E-state index contributed by atoms with van der Waals surface area (Å²) in [5.74, 6) is 0. The Hall–Kier alpha value is -0.573. The predicted octanol–water partition coefficient (Wildman–Crippen LogP) is 7.47. The van der Waals surface area contributed by atoms with Crippen LogP contribution in [-0.2, 0) is 59.0 Å². The Morgan fingerprint density at radius 3 is 1.15 bits per heavy atom. The van der Waals surface area contributed by atoms with Crippen LogP contribution in [0.2, 0.25) is 0 Å². The van der Waals surface area contributed by atoms with E-state index in [0.29, 0.717) is 12.8 Å². The first-order valence-electron chi connectivity index (χ1n) is 12.5. The van der Waals surface area contributed by atoms with Crippen molar-refractivity contribution in [3.63, 3.8) is 0 Å². The van der Waals surface area contributed by atoms with Gasteiger partial charge < -0.3 is 35.8 Å². The van der Waals surface area contributed by atoms with Crippen LogP contribution in [0.3, 0.4) is 0 Å². The van der Waals surface area contributed by atoms with Crippen molar-refractivity contribution in [1.29, 1.82) is 0 Å². The van der Waals surface area contributed by atoms with Crippen molar-refractivity contribution in [1.82, 2.24) is 0 Å². The van der Waals surface area contributed by atoms with Crippen LogP contribution in [0.4, 0.5) is 0 Å². The summed E-state index contributed by atoms with van der Waals surface area (Å²) in [5, 5.41) is 0. The van der Waals surface area contributed by atoms with Crippen molar-refractivity contribution in [2.24, 2.45) is 0 Å². The third-order valence-corrected chi connectivity index (χ3v) is 9.48. The van der Waals surface area contributed by atoms with E-state index in [9.17, 15) is 16.8 Å². The Bertz CT molecular complexity index is 1100. The van der Waals surface area contributed by atoms with Gasteiger partial charge >= 0.3 is 39.0 Å². The van der Waals surface area contributed by atoms with E-state index in [1.54, 1.807) is 48.5 Å². The standard InChI is InChI=1S/2C13H18N2O2S.2CH3.2Ru.H/c2*1-10-6-8-11(9-7-10)18(16,17)15-13-5-3-2-4-12(13)14;;;;;/h2*6-9,12-14H,2-5H2,1H3;2*1H3;;;/q2*-2;2*-1;2*+3;. The van der Waals surface area contributed by atoms with Crippen LogP contribution in [0, 0.1) is 28.7 Å². The summed E-state index contributed by atoms with van der Waals surface area (Å²) < 4.78 is 56.3. The number of hydrogen-bond acceptors (Lipinski definition) is 4. The molecule has 2 saturated carbocycles. The molecule has 2 aliphatic rings. The van der Waals surface area contributed by atoms with Gasteiger partial charge in [0, 0.05) is 9.79 Å². The molecule has 2 radical (unpaired) electrons. The fourth-order valence-electron chi connectivity index (χ4n) is 4.37. The molecule has 0 aliphatic heterocycles. The van der Waals surface area contributed by atoms with Gasteiger partial charge in [-0.05, 0) is 38.1 Å². The van der Waals surface area contributed by atoms with Gasteiger partial charge in [0.2, 0.25) is 0 Å². The SMILES string of the molecule is Cc1ccc(S(=O)(=O)[N-]C2CCCCC2[NH-])cc1.Cc1ccc(S(=O)(=O)[N-]C2CCCCC2[NH-])cc1.[CH3-].[CH3-].[Ru+3].[RuH+3]. The van der Waals surface area contributed by atoms with Crippen molar-refractivity contribution >= 4 is 20.0 Å². The molecule has 8 nitrogen and oxygen atoms in total. The van der Waals surface area contributed by atoms with Crippen LogP contribution in [0.5, 0.6) is 0 Å². The Balaban J connectivity index is 0. The molecule has 0 bridgehead atoms. The molecule has 40 heavy (non-hydrogen) atoms. The molecule has 0 amide bonds. The van der Waals surface area contributed by atoms with Crippen molar-refractivity contribution in [3.05, 3.63) is 95.4 Å². The summed E-state index contributed by atoms with van der Waals surface area (Å²) in [6.45, 7) is 3.82. The molecule has 0 aromatic heterocycles. The molecular weight excluding hydrogens is 723 g/mol.